The van der Waals surface area contributed by atoms with Crippen LogP contribution < -0.4 is 10.6 Å². The number of halogens is 2. The molecule has 0 saturated heterocycles. The first-order valence-electron chi connectivity index (χ1n) is 6.53. The highest BCUT2D eigenvalue weighted by molar-refractivity contribution is 5.59. The maximum atomic E-state index is 13.7. The molecule has 1 heterocycles. The Kier molecular flexibility index (Phi) is 4.50. The van der Waals surface area contributed by atoms with E-state index in [1.165, 1.54) is 6.92 Å². The van der Waals surface area contributed by atoms with Crippen LogP contribution in [0.15, 0.2) is 30.3 Å². The van der Waals surface area contributed by atoms with Gasteiger partial charge in [0.2, 0.25) is 0 Å². The van der Waals surface area contributed by atoms with Gasteiger partial charge in [-0.2, -0.15) is 0 Å². The molecule has 0 saturated carbocycles. The number of hydrogen-bond acceptors (Lipinski definition) is 3. The fourth-order valence-corrected chi connectivity index (χ4v) is 1.74. The molecular weight excluding hydrogens is 260 g/mol. The topological polar surface area (TPSA) is 37.0 Å². The van der Waals surface area contributed by atoms with Gasteiger partial charge in [0.25, 0.3) is 0 Å². The molecule has 1 aromatic heterocycles. The molecule has 0 amide bonds. The minimum absolute atomic E-state index is 0.0771. The Hall–Kier alpha value is -2.17. The molecule has 3 nitrogen and oxygen atoms in total. The lowest BCUT2D eigenvalue weighted by Crippen LogP contribution is -2.04. The first-order valence-corrected chi connectivity index (χ1v) is 6.53. The fourth-order valence-electron chi connectivity index (χ4n) is 1.74. The van der Waals surface area contributed by atoms with Gasteiger partial charge in [-0.1, -0.05) is 13.0 Å². The van der Waals surface area contributed by atoms with E-state index in [4.69, 9.17) is 0 Å². The van der Waals surface area contributed by atoms with Crippen molar-refractivity contribution in [2.75, 3.05) is 17.2 Å². The van der Waals surface area contributed by atoms with Crippen molar-refractivity contribution in [3.63, 3.8) is 0 Å². The molecule has 0 aliphatic rings. The Morgan fingerprint density at radius 1 is 1.10 bits per heavy atom. The zero-order valence-corrected chi connectivity index (χ0v) is 11.5. The summed E-state index contributed by atoms with van der Waals surface area (Å²) in [6, 6.07) is 7.63. The second-order valence-corrected chi connectivity index (χ2v) is 4.54. The molecular formula is C15H17F2N3. The molecule has 2 aromatic rings. The minimum Gasteiger partial charge on any atom is -0.370 e. The SMILES string of the molecule is CCCNc1cccc(Nc2cc(F)c(C)cc2F)n1. The van der Waals surface area contributed by atoms with E-state index in [1.807, 2.05) is 6.07 Å². The van der Waals surface area contributed by atoms with Gasteiger partial charge in [-0.05, 0) is 37.1 Å². The summed E-state index contributed by atoms with van der Waals surface area (Å²) in [5.41, 5.74) is 0.354. The van der Waals surface area contributed by atoms with Crippen molar-refractivity contribution in [2.45, 2.75) is 20.3 Å². The molecule has 0 fully saturated rings. The summed E-state index contributed by atoms with van der Waals surface area (Å²) >= 11 is 0. The summed E-state index contributed by atoms with van der Waals surface area (Å²) in [4.78, 5) is 4.29. The fraction of sp³-hybridized carbons (Fsp3) is 0.267. The number of benzene rings is 1. The average Bonchev–Trinajstić information content (AvgIpc) is 2.43. The molecule has 5 heteroatoms. The highest BCUT2D eigenvalue weighted by Gasteiger charge is 2.08. The molecule has 1 aromatic carbocycles. The van der Waals surface area contributed by atoms with E-state index in [-0.39, 0.29) is 11.3 Å². The van der Waals surface area contributed by atoms with Gasteiger partial charge in [-0.25, -0.2) is 13.8 Å². The Morgan fingerprint density at radius 2 is 1.85 bits per heavy atom. The van der Waals surface area contributed by atoms with Gasteiger partial charge < -0.3 is 10.6 Å². The minimum atomic E-state index is -0.502. The average molecular weight is 277 g/mol. The Labute approximate surface area is 117 Å². The quantitative estimate of drug-likeness (QED) is 0.858. The molecule has 0 bridgehead atoms. The van der Waals surface area contributed by atoms with Crippen LogP contribution in [0.1, 0.15) is 18.9 Å². The summed E-state index contributed by atoms with van der Waals surface area (Å²) in [6.07, 6.45) is 0.983. The van der Waals surface area contributed by atoms with Crippen LogP contribution in [0, 0.1) is 18.6 Å². The molecule has 0 aliphatic heterocycles. The maximum absolute atomic E-state index is 13.7. The van der Waals surface area contributed by atoms with Crippen LogP contribution in [-0.4, -0.2) is 11.5 Å². The van der Waals surface area contributed by atoms with Crippen molar-refractivity contribution in [1.82, 2.24) is 4.98 Å². The van der Waals surface area contributed by atoms with Gasteiger partial charge in [-0.3, -0.25) is 0 Å². The molecule has 0 unspecified atom stereocenters. The summed E-state index contributed by atoms with van der Waals surface area (Å²) in [6.45, 7) is 4.39. The molecule has 2 N–H and O–H groups in total. The summed E-state index contributed by atoms with van der Waals surface area (Å²) < 4.78 is 27.2. The predicted octanol–water partition coefficient (Wildman–Crippen LogP) is 4.23. The van der Waals surface area contributed by atoms with E-state index in [1.54, 1.807) is 12.1 Å². The lowest BCUT2D eigenvalue weighted by Gasteiger charge is -2.10. The first kappa shape index (κ1) is 14.2. The number of hydrogen-bond donors (Lipinski definition) is 2. The monoisotopic (exact) mass is 277 g/mol. The highest BCUT2D eigenvalue weighted by atomic mass is 19.1. The van der Waals surface area contributed by atoms with Crippen molar-refractivity contribution >= 4 is 17.3 Å². The van der Waals surface area contributed by atoms with E-state index >= 15 is 0 Å². The predicted molar refractivity (Wildman–Crippen MR) is 77.4 cm³/mol. The summed E-state index contributed by atoms with van der Waals surface area (Å²) in [5.74, 6) is 0.213. The van der Waals surface area contributed by atoms with E-state index in [0.29, 0.717) is 11.6 Å². The number of pyridine rings is 1. The Morgan fingerprint density at radius 3 is 2.60 bits per heavy atom. The van der Waals surface area contributed by atoms with Crippen molar-refractivity contribution in [2.24, 2.45) is 0 Å². The molecule has 0 spiro atoms. The summed E-state index contributed by atoms with van der Waals surface area (Å²) in [7, 11) is 0. The van der Waals surface area contributed by atoms with Crippen LogP contribution >= 0.6 is 0 Å². The van der Waals surface area contributed by atoms with Gasteiger partial charge >= 0.3 is 0 Å². The van der Waals surface area contributed by atoms with Gasteiger partial charge in [-0.15, -0.1) is 0 Å². The normalized spacial score (nSPS) is 10.4. The maximum Gasteiger partial charge on any atom is 0.147 e. The van der Waals surface area contributed by atoms with E-state index in [2.05, 4.69) is 22.5 Å². The third kappa shape index (κ3) is 3.44. The molecule has 20 heavy (non-hydrogen) atoms. The zero-order chi connectivity index (χ0) is 14.5. The lowest BCUT2D eigenvalue weighted by molar-refractivity contribution is 0.595. The largest absolute Gasteiger partial charge is 0.370 e. The van der Waals surface area contributed by atoms with E-state index in [9.17, 15) is 8.78 Å². The Balaban J connectivity index is 2.19. The number of nitrogens with one attached hydrogen (secondary N) is 2. The third-order valence-corrected chi connectivity index (χ3v) is 2.82. The summed E-state index contributed by atoms with van der Waals surface area (Å²) in [5, 5.41) is 5.93. The smallest absolute Gasteiger partial charge is 0.147 e. The van der Waals surface area contributed by atoms with E-state index < -0.39 is 11.6 Å². The van der Waals surface area contributed by atoms with Gasteiger partial charge in [0.1, 0.15) is 23.3 Å². The van der Waals surface area contributed by atoms with E-state index in [0.717, 1.165) is 25.1 Å². The lowest BCUT2D eigenvalue weighted by atomic mass is 10.2. The van der Waals surface area contributed by atoms with Crippen molar-refractivity contribution in [1.29, 1.82) is 0 Å². The number of rotatable bonds is 5. The molecule has 0 atom stereocenters. The van der Waals surface area contributed by atoms with Crippen LogP contribution in [0.2, 0.25) is 0 Å². The number of anilines is 3. The van der Waals surface area contributed by atoms with Crippen molar-refractivity contribution < 1.29 is 8.78 Å². The van der Waals surface area contributed by atoms with Crippen molar-refractivity contribution in [3.05, 3.63) is 47.5 Å². The van der Waals surface area contributed by atoms with Gasteiger partial charge in [0.05, 0.1) is 5.69 Å². The van der Waals surface area contributed by atoms with Gasteiger partial charge in [0.15, 0.2) is 0 Å². The second kappa shape index (κ2) is 6.32. The van der Waals surface area contributed by atoms with Crippen LogP contribution in [0.25, 0.3) is 0 Å². The zero-order valence-electron chi connectivity index (χ0n) is 11.5. The van der Waals surface area contributed by atoms with Crippen LogP contribution in [0.4, 0.5) is 26.1 Å². The molecule has 2 rings (SSSR count). The van der Waals surface area contributed by atoms with Crippen LogP contribution in [0.5, 0.6) is 0 Å². The molecule has 0 aliphatic carbocycles. The first-order chi connectivity index (χ1) is 9.60. The van der Waals surface area contributed by atoms with Crippen LogP contribution in [-0.2, 0) is 0 Å². The molecule has 0 radical (unpaired) electrons. The third-order valence-electron chi connectivity index (χ3n) is 2.82. The van der Waals surface area contributed by atoms with Crippen molar-refractivity contribution in [3.8, 4) is 0 Å². The molecule has 106 valence electrons. The standard InChI is InChI=1S/C15H17F2N3/c1-3-7-18-14-5-4-6-15(20-14)19-13-9-11(16)10(2)8-12(13)17/h4-6,8-9H,3,7H2,1-2H3,(H2,18,19,20). The highest BCUT2D eigenvalue weighted by Crippen LogP contribution is 2.22. The Bertz CT molecular complexity index is 600. The number of aromatic nitrogens is 1. The van der Waals surface area contributed by atoms with Gasteiger partial charge in [0, 0.05) is 12.6 Å². The number of nitrogens with zero attached hydrogens (tertiary/aromatic N) is 1. The van der Waals surface area contributed by atoms with Crippen LogP contribution in [0.3, 0.4) is 0 Å². The second-order valence-electron chi connectivity index (χ2n) is 4.54. The number of aryl methyl sites for hydroxylation is 1.